The van der Waals surface area contributed by atoms with E-state index in [9.17, 15) is 4.79 Å². The van der Waals surface area contributed by atoms with Crippen LogP contribution in [-0.4, -0.2) is 23.5 Å². The van der Waals surface area contributed by atoms with Crippen LogP contribution < -0.4 is 15.4 Å². The van der Waals surface area contributed by atoms with Gasteiger partial charge in [0.15, 0.2) is 16.0 Å². The summed E-state index contributed by atoms with van der Waals surface area (Å²) >= 11 is 12.7. The molecule has 138 valence electrons. The van der Waals surface area contributed by atoms with Gasteiger partial charge in [0.1, 0.15) is 5.75 Å². The normalized spacial score (nSPS) is 17.8. The van der Waals surface area contributed by atoms with E-state index in [0.29, 0.717) is 28.5 Å². The van der Waals surface area contributed by atoms with Crippen molar-refractivity contribution in [1.29, 1.82) is 0 Å². The van der Waals surface area contributed by atoms with E-state index in [1.165, 1.54) is 11.3 Å². The van der Waals surface area contributed by atoms with Gasteiger partial charge in [0.2, 0.25) is 0 Å². The van der Waals surface area contributed by atoms with Crippen LogP contribution in [0.2, 0.25) is 5.02 Å². The Bertz CT molecular complexity index is 1120. The van der Waals surface area contributed by atoms with Crippen LogP contribution in [-0.2, 0) is 0 Å². The van der Waals surface area contributed by atoms with Crippen molar-refractivity contribution in [3.8, 4) is 5.75 Å². The number of carbonyl (C=O) groups excluding carboxylic acids is 1. The summed E-state index contributed by atoms with van der Waals surface area (Å²) in [5.74, 6) is 0.397. The molecular formula is C19H16ClN3O2S2. The van der Waals surface area contributed by atoms with Crippen LogP contribution in [0.5, 0.6) is 5.75 Å². The number of hydrogen-bond donors (Lipinski definition) is 3. The molecule has 1 unspecified atom stereocenters. The molecule has 3 aromatic rings. The minimum Gasteiger partial charge on any atom is -0.470 e. The Morgan fingerprint density at radius 3 is 3.00 bits per heavy atom. The van der Waals surface area contributed by atoms with Gasteiger partial charge in [-0.3, -0.25) is 10.1 Å². The van der Waals surface area contributed by atoms with Gasteiger partial charge in [-0.2, -0.15) is 0 Å². The van der Waals surface area contributed by atoms with Gasteiger partial charge in [-0.1, -0.05) is 18.5 Å². The van der Waals surface area contributed by atoms with E-state index in [2.05, 4.69) is 15.6 Å². The molecule has 0 aliphatic carbocycles. The Morgan fingerprint density at radius 1 is 1.33 bits per heavy atom. The van der Waals surface area contributed by atoms with Gasteiger partial charge < -0.3 is 15.0 Å². The summed E-state index contributed by atoms with van der Waals surface area (Å²) < 4.78 is 7.75. The monoisotopic (exact) mass is 417 g/mol. The van der Waals surface area contributed by atoms with Crippen molar-refractivity contribution < 1.29 is 9.53 Å². The number of benzene rings is 2. The Hall–Kier alpha value is -2.19. The van der Waals surface area contributed by atoms with Crippen molar-refractivity contribution in [3.63, 3.8) is 0 Å². The molecule has 0 spiro atoms. The van der Waals surface area contributed by atoms with E-state index < -0.39 is 6.23 Å². The Kier molecular flexibility index (Phi) is 5.01. The highest BCUT2D eigenvalue weighted by Crippen LogP contribution is 2.32. The molecule has 0 bridgehead atoms. The van der Waals surface area contributed by atoms with Crippen molar-refractivity contribution in [2.75, 3.05) is 11.9 Å². The molecule has 5 nitrogen and oxygen atoms in total. The molecule has 1 aromatic heterocycles. The summed E-state index contributed by atoms with van der Waals surface area (Å²) in [6.45, 7) is 2.61. The maximum atomic E-state index is 13.0. The molecule has 8 heteroatoms. The molecule has 0 radical (unpaired) electrons. The number of ether oxygens (including phenoxy) is 1. The standard InChI is InChI=1S/C19H16ClN3O2S2/c1-2-21-18-13(17(24)12-5-3-10(20)7-15(12)25-18)9-22-11-4-6-14-16(8-11)27-19(26)23-14/h3-9,18,21-22H,2H2,1H3,(H,23,26)/b13-9-. The number of thiazole rings is 1. The number of nitrogens with one attached hydrogen (secondary N) is 3. The molecule has 1 aliphatic heterocycles. The predicted molar refractivity (Wildman–Crippen MR) is 113 cm³/mol. The highest BCUT2D eigenvalue weighted by Gasteiger charge is 2.31. The van der Waals surface area contributed by atoms with Crippen LogP contribution in [0.4, 0.5) is 5.69 Å². The number of hydrogen-bond acceptors (Lipinski definition) is 6. The SMILES string of the molecule is CCNC1Oc2cc(Cl)ccc2C(=O)/C1=C/Nc1ccc2[nH]c(=S)sc2c1. The summed E-state index contributed by atoms with van der Waals surface area (Å²) in [6.07, 6.45) is 1.15. The van der Waals surface area contributed by atoms with Gasteiger partial charge >= 0.3 is 0 Å². The first-order chi connectivity index (χ1) is 13.0. The zero-order valence-corrected chi connectivity index (χ0v) is 16.7. The molecule has 1 aliphatic rings. The van der Waals surface area contributed by atoms with Crippen LogP contribution in [0.25, 0.3) is 10.2 Å². The second-order valence-electron chi connectivity index (χ2n) is 5.99. The van der Waals surface area contributed by atoms with E-state index >= 15 is 0 Å². The lowest BCUT2D eigenvalue weighted by Gasteiger charge is -2.28. The van der Waals surface area contributed by atoms with Crippen molar-refractivity contribution in [1.82, 2.24) is 10.3 Å². The first kappa shape index (κ1) is 18.2. The molecule has 0 fully saturated rings. The summed E-state index contributed by atoms with van der Waals surface area (Å²) in [5, 5.41) is 6.92. The fraction of sp³-hybridized carbons (Fsp3) is 0.158. The smallest absolute Gasteiger partial charge is 0.199 e. The molecule has 0 amide bonds. The van der Waals surface area contributed by atoms with Gasteiger partial charge in [-0.15, -0.1) is 11.3 Å². The number of carbonyl (C=O) groups is 1. The molecule has 27 heavy (non-hydrogen) atoms. The number of rotatable bonds is 4. The van der Waals surface area contributed by atoms with Crippen molar-refractivity contribution in [2.24, 2.45) is 0 Å². The maximum Gasteiger partial charge on any atom is 0.199 e. The quantitative estimate of drug-likeness (QED) is 0.406. The number of halogens is 1. The third-order valence-corrected chi connectivity index (χ3v) is 5.61. The average molecular weight is 418 g/mol. The molecule has 4 rings (SSSR count). The van der Waals surface area contributed by atoms with E-state index in [1.807, 2.05) is 25.1 Å². The summed E-state index contributed by atoms with van der Waals surface area (Å²) in [4.78, 5) is 16.1. The molecule has 2 heterocycles. The number of Topliss-reactive ketones (excluding diaryl/α,β-unsaturated/α-hetero) is 1. The van der Waals surface area contributed by atoms with E-state index in [-0.39, 0.29) is 5.78 Å². The zero-order valence-electron chi connectivity index (χ0n) is 14.3. The largest absolute Gasteiger partial charge is 0.470 e. The lowest BCUT2D eigenvalue weighted by molar-refractivity contribution is 0.0938. The summed E-state index contributed by atoms with van der Waals surface area (Å²) in [6, 6.07) is 10.9. The molecule has 0 saturated carbocycles. The van der Waals surface area contributed by atoms with Crippen LogP contribution in [0.15, 0.2) is 48.2 Å². The van der Waals surface area contributed by atoms with Crippen molar-refractivity contribution in [2.45, 2.75) is 13.2 Å². The predicted octanol–water partition coefficient (Wildman–Crippen LogP) is 5.12. The fourth-order valence-corrected chi connectivity index (χ4v) is 4.24. The molecule has 3 N–H and O–H groups in total. The average Bonchev–Trinajstić information content (AvgIpc) is 3.00. The Balaban J connectivity index is 1.67. The third-order valence-electron chi connectivity index (χ3n) is 4.18. The fourth-order valence-electron chi connectivity index (χ4n) is 2.92. The number of likely N-dealkylation sites (N-methyl/N-ethyl adjacent to an activating group) is 1. The molecule has 0 saturated heterocycles. The highest BCUT2D eigenvalue weighted by atomic mass is 35.5. The summed E-state index contributed by atoms with van der Waals surface area (Å²) in [7, 11) is 0. The number of aromatic nitrogens is 1. The first-order valence-electron chi connectivity index (χ1n) is 8.39. The van der Waals surface area contributed by atoms with Crippen molar-refractivity contribution >= 4 is 56.8 Å². The molecule has 1 atom stereocenters. The summed E-state index contributed by atoms with van der Waals surface area (Å²) in [5.41, 5.74) is 2.87. The molecular weight excluding hydrogens is 402 g/mol. The topological polar surface area (TPSA) is 66.2 Å². The molecule has 2 aromatic carbocycles. The third kappa shape index (κ3) is 3.64. The maximum absolute atomic E-state index is 13.0. The number of ketones is 1. The van der Waals surface area contributed by atoms with Gasteiger partial charge in [0.05, 0.1) is 21.4 Å². The van der Waals surface area contributed by atoms with Gasteiger partial charge in [-0.05, 0) is 55.2 Å². The first-order valence-corrected chi connectivity index (χ1v) is 9.99. The van der Waals surface area contributed by atoms with E-state index in [0.717, 1.165) is 19.9 Å². The minimum absolute atomic E-state index is 0.0928. The van der Waals surface area contributed by atoms with Gasteiger partial charge in [0.25, 0.3) is 0 Å². The number of anilines is 1. The van der Waals surface area contributed by atoms with Gasteiger partial charge in [-0.25, -0.2) is 0 Å². The number of H-pyrrole nitrogens is 1. The van der Waals surface area contributed by atoms with E-state index in [1.54, 1.807) is 24.4 Å². The van der Waals surface area contributed by atoms with E-state index in [4.69, 9.17) is 28.6 Å². The Morgan fingerprint density at radius 2 is 2.19 bits per heavy atom. The second kappa shape index (κ2) is 7.44. The van der Waals surface area contributed by atoms with Crippen LogP contribution in [0.3, 0.4) is 0 Å². The van der Waals surface area contributed by atoms with Gasteiger partial charge in [0, 0.05) is 16.9 Å². The van der Waals surface area contributed by atoms with Crippen LogP contribution in [0.1, 0.15) is 17.3 Å². The second-order valence-corrected chi connectivity index (χ2v) is 8.15. The lowest BCUT2D eigenvalue weighted by Crippen LogP contribution is -2.42. The zero-order chi connectivity index (χ0) is 19.0. The lowest BCUT2D eigenvalue weighted by atomic mass is 9.99. The minimum atomic E-state index is -0.543. The number of fused-ring (bicyclic) bond motifs is 2. The van der Waals surface area contributed by atoms with Crippen molar-refractivity contribution in [3.05, 3.63) is 62.7 Å². The van der Waals surface area contributed by atoms with Crippen LogP contribution >= 0.6 is 35.2 Å². The number of aromatic amines is 1. The highest BCUT2D eigenvalue weighted by molar-refractivity contribution is 7.73. The van der Waals surface area contributed by atoms with Crippen LogP contribution in [0, 0.1) is 3.95 Å². The Labute approximate surface area is 170 Å².